The van der Waals surface area contributed by atoms with E-state index in [9.17, 15) is 9.59 Å². The lowest BCUT2D eigenvalue weighted by molar-refractivity contribution is -0.162. The molecule has 0 spiro atoms. The fraction of sp³-hybridized carbons (Fsp3) is 0.333. The molecular weight excluding hydrogens is 258 g/mol. The molecule has 0 amide bonds. The van der Waals surface area contributed by atoms with E-state index in [1.165, 1.54) is 6.92 Å². The normalized spacial score (nSPS) is 13.0. The number of hydrogen-bond donors (Lipinski definition) is 2. The molecule has 1 unspecified atom stereocenters. The third-order valence-electron chi connectivity index (χ3n) is 2.52. The van der Waals surface area contributed by atoms with Crippen molar-refractivity contribution in [2.24, 2.45) is 5.73 Å². The first-order valence-corrected chi connectivity index (χ1v) is 5.24. The van der Waals surface area contributed by atoms with E-state index in [0.717, 1.165) is 5.56 Å². The summed E-state index contributed by atoms with van der Waals surface area (Å²) < 4.78 is 4.90. The molecule has 0 saturated heterocycles. The molecule has 0 saturated carbocycles. The molecule has 1 aromatic carbocycles. The summed E-state index contributed by atoms with van der Waals surface area (Å²) in [5.74, 6) is -2.30. The Morgan fingerprint density at radius 1 is 1.33 bits per heavy atom. The summed E-state index contributed by atoms with van der Waals surface area (Å²) in [6.07, 6.45) is -0.0179. The molecule has 1 atom stereocenters. The highest BCUT2D eigenvalue weighted by atomic mass is 35.5. The van der Waals surface area contributed by atoms with Crippen LogP contribution in [0.3, 0.4) is 0 Å². The number of hydrogen-bond acceptors (Lipinski definition) is 4. The molecule has 6 heteroatoms. The Bertz CT molecular complexity index is 410. The smallest absolute Gasteiger partial charge is 0.338 e. The zero-order chi connectivity index (χ0) is 12.9. The van der Waals surface area contributed by atoms with Gasteiger partial charge in [-0.15, -0.1) is 12.4 Å². The van der Waals surface area contributed by atoms with E-state index in [2.05, 4.69) is 0 Å². The minimum atomic E-state index is -1.96. The van der Waals surface area contributed by atoms with Gasteiger partial charge in [-0.05, 0) is 12.0 Å². The van der Waals surface area contributed by atoms with Crippen molar-refractivity contribution in [3.8, 4) is 0 Å². The molecule has 18 heavy (non-hydrogen) atoms. The number of rotatable bonds is 5. The van der Waals surface area contributed by atoms with Gasteiger partial charge in [-0.3, -0.25) is 0 Å². The molecule has 0 aliphatic rings. The van der Waals surface area contributed by atoms with E-state index in [4.69, 9.17) is 15.6 Å². The standard InChI is InChI=1S/C12H15NO4.ClH/c1-2-12(13,10(14)15)11(16)17-8-9-6-4-3-5-7-9;/h3-7H,2,8,13H2,1H3,(H,14,15);1H. The zero-order valence-electron chi connectivity index (χ0n) is 9.96. The zero-order valence-corrected chi connectivity index (χ0v) is 10.8. The number of carbonyl (C=O) groups excluding carboxylic acids is 1. The van der Waals surface area contributed by atoms with Crippen LogP contribution < -0.4 is 5.73 Å². The van der Waals surface area contributed by atoms with Gasteiger partial charge in [0.1, 0.15) is 6.61 Å². The van der Waals surface area contributed by atoms with Crippen LogP contribution in [-0.2, 0) is 20.9 Å². The van der Waals surface area contributed by atoms with Crippen molar-refractivity contribution in [3.05, 3.63) is 35.9 Å². The number of carboxylic acid groups (broad SMARTS) is 1. The predicted octanol–water partition coefficient (Wildman–Crippen LogP) is 1.34. The van der Waals surface area contributed by atoms with Crippen LogP contribution in [0.5, 0.6) is 0 Å². The first-order valence-electron chi connectivity index (χ1n) is 5.24. The van der Waals surface area contributed by atoms with Crippen LogP contribution in [-0.4, -0.2) is 22.6 Å². The first-order chi connectivity index (χ1) is 8.00. The van der Waals surface area contributed by atoms with E-state index < -0.39 is 17.5 Å². The molecule has 0 aromatic heterocycles. The summed E-state index contributed by atoms with van der Waals surface area (Å²) in [6, 6.07) is 8.99. The lowest BCUT2D eigenvalue weighted by atomic mass is 9.98. The maximum absolute atomic E-state index is 11.6. The number of benzene rings is 1. The van der Waals surface area contributed by atoms with Crippen molar-refractivity contribution in [2.45, 2.75) is 25.5 Å². The molecule has 5 nitrogen and oxygen atoms in total. The first kappa shape index (κ1) is 16.4. The van der Waals surface area contributed by atoms with Crippen molar-refractivity contribution in [3.63, 3.8) is 0 Å². The maximum atomic E-state index is 11.6. The summed E-state index contributed by atoms with van der Waals surface area (Å²) >= 11 is 0. The van der Waals surface area contributed by atoms with E-state index >= 15 is 0 Å². The fourth-order valence-electron chi connectivity index (χ4n) is 1.23. The molecule has 100 valence electrons. The average molecular weight is 274 g/mol. The number of nitrogens with two attached hydrogens (primary N) is 1. The average Bonchev–Trinajstić information content (AvgIpc) is 2.35. The molecule has 0 heterocycles. The largest absolute Gasteiger partial charge is 0.479 e. The molecular formula is C12H16ClNO4. The topological polar surface area (TPSA) is 89.6 Å². The Morgan fingerprint density at radius 3 is 2.33 bits per heavy atom. The summed E-state index contributed by atoms with van der Waals surface area (Å²) in [6.45, 7) is 1.55. The van der Waals surface area contributed by atoms with Gasteiger partial charge >= 0.3 is 11.9 Å². The van der Waals surface area contributed by atoms with Crippen molar-refractivity contribution < 1.29 is 19.4 Å². The molecule has 0 bridgehead atoms. The van der Waals surface area contributed by atoms with Gasteiger partial charge in [0.15, 0.2) is 0 Å². The van der Waals surface area contributed by atoms with Gasteiger partial charge in [0.2, 0.25) is 5.54 Å². The van der Waals surface area contributed by atoms with Crippen molar-refractivity contribution in [1.29, 1.82) is 0 Å². The highest BCUT2D eigenvalue weighted by molar-refractivity contribution is 6.03. The Balaban J connectivity index is 0.00000289. The quantitative estimate of drug-likeness (QED) is 0.624. The Labute approximate surface area is 111 Å². The second-order valence-electron chi connectivity index (χ2n) is 3.69. The number of halogens is 1. The van der Waals surface area contributed by atoms with E-state index in [1.807, 2.05) is 6.07 Å². The second-order valence-corrected chi connectivity index (χ2v) is 3.69. The Kier molecular flexibility index (Phi) is 6.36. The van der Waals surface area contributed by atoms with E-state index in [0.29, 0.717) is 0 Å². The fourth-order valence-corrected chi connectivity index (χ4v) is 1.23. The van der Waals surface area contributed by atoms with Gasteiger partial charge in [-0.2, -0.15) is 0 Å². The van der Waals surface area contributed by atoms with Gasteiger partial charge in [0, 0.05) is 0 Å². The van der Waals surface area contributed by atoms with Crippen LogP contribution in [0.2, 0.25) is 0 Å². The van der Waals surface area contributed by atoms with Crippen LogP contribution in [0, 0.1) is 0 Å². The van der Waals surface area contributed by atoms with Gasteiger partial charge in [-0.1, -0.05) is 37.3 Å². The van der Waals surface area contributed by atoms with E-state index in [1.54, 1.807) is 24.3 Å². The van der Waals surface area contributed by atoms with Crippen LogP contribution in [0.15, 0.2) is 30.3 Å². The Hall–Kier alpha value is -1.59. The third-order valence-corrected chi connectivity index (χ3v) is 2.52. The van der Waals surface area contributed by atoms with Crippen LogP contribution in [0.25, 0.3) is 0 Å². The lowest BCUT2D eigenvalue weighted by Gasteiger charge is -2.20. The predicted molar refractivity (Wildman–Crippen MR) is 68.3 cm³/mol. The van der Waals surface area contributed by atoms with Crippen molar-refractivity contribution in [2.75, 3.05) is 0 Å². The monoisotopic (exact) mass is 273 g/mol. The molecule has 0 aliphatic heterocycles. The highest BCUT2D eigenvalue weighted by Gasteiger charge is 2.42. The molecule has 1 aromatic rings. The molecule has 0 radical (unpaired) electrons. The molecule has 3 N–H and O–H groups in total. The summed E-state index contributed by atoms with van der Waals surface area (Å²) in [4.78, 5) is 22.5. The maximum Gasteiger partial charge on any atom is 0.338 e. The van der Waals surface area contributed by atoms with Crippen LogP contribution in [0.1, 0.15) is 18.9 Å². The molecule has 0 aliphatic carbocycles. The number of esters is 1. The Morgan fingerprint density at radius 2 is 1.89 bits per heavy atom. The van der Waals surface area contributed by atoms with Gasteiger partial charge in [0.25, 0.3) is 0 Å². The number of aliphatic carboxylic acids is 1. The summed E-state index contributed by atoms with van der Waals surface area (Å²) in [7, 11) is 0. The molecule has 0 fully saturated rings. The third kappa shape index (κ3) is 3.72. The summed E-state index contributed by atoms with van der Waals surface area (Å²) in [5.41, 5.74) is 4.29. The van der Waals surface area contributed by atoms with Gasteiger partial charge < -0.3 is 15.6 Å². The number of carbonyl (C=O) groups is 2. The van der Waals surface area contributed by atoms with Gasteiger partial charge in [0.05, 0.1) is 0 Å². The number of ether oxygens (including phenoxy) is 1. The second kappa shape index (κ2) is 6.98. The highest BCUT2D eigenvalue weighted by Crippen LogP contribution is 2.11. The number of carboxylic acids is 1. The summed E-state index contributed by atoms with van der Waals surface area (Å²) in [5, 5.41) is 8.87. The minimum absolute atomic E-state index is 0. The molecule has 1 rings (SSSR count). The van der Waals surface area contributed by atoms with E-state index in [-0.39, 0.29) is 25.4 Å². The minimum Gasteiger partial charge on any atom is -0.479 e. The van der Waals surface area contributed by atoms with Gasteiger partial charge in [-0.25, -0.2) is 9.59 Å². The van der Waals surface area contributed by atoms with Crippen molar-refractivity contribution >= 4 is 24.3 Å². The SMILES string of the molecule is CCC(N)(C(=O)O)C(=O)OCc1ccccc1.Cl. The van der Waals surface area contributed by atoms with Crippen molar-refractivity contribution in [1.82, 2.24) is 0 Å². The van der Waals surface area contributed by atoms with Crippen LogP contribution >= 0.6 is 12.4 Å². The van der Waals surface area contributed by atoms with Crippen LogP contribution in [0.4, 0.5) is 0 Å². The lowest BCUT2D eigenvalue weighted by Crippen LogP contribution is -2.55.